The molecule has 0 aromatic carbocycles. The Balaban J connectivity index is 1.85. The number of hydrogen-bond donors (Lipinski definition) is 1. The normalized spacial score (nSPS) is 36.5. The van der Waals surface area contributed by atoms with Crippen LogP contribution in [0.2, 0.25) is 0 Å². The van der Waals surface area contributed by atoms with Gasteiger partial charge in [0.2, 0.25) is 0 Å². The van der Waals surface area contributed by atoms with Crippen LogP contribution in [0.4, 0.5) is 0 Å². The summed E-state index contributed by atoms with van der Waals surface area (Å²) >= 11 is 0. The average molecular weight is 239 g/mol. The van der Waals surface area contributed by atoms with E-state index >= 15 is 0 Å². The molecule has 2 unspecified atom stereocenters. The largest absolute Gasteiger partial charge is 0.372 e. The zero-order valence-corrected chi connectivity index (χ0v) is 11.8. The van der Waals surface area contributed by atoms with E-state index in [9.17, 15) is 0 Å². The van der Waals surface area contributed by atoms with Crippen molar-refractivity contribution in [1.82, 2.24) is 5.32 Å². The molecule has 2 aliphatic carbocycles. The molecule has 2 nitrogen and oxygen atoms in total. The minimum Gasteiger partial charge on any atom is -0.372 e. The number of hydrogen-bond acceptors (Lipinski definition) is 2. The second kappa shape index (κ2) is 5.71. The van der Waals surface area contributed by atoms with Crippen molar-refractivity contribution in [3.63, 3.8) is 0 Å². The summed E-state index contributed by atoms with van der Waals surface area (Å²) in [5.41, 5.74) is 0.241. The zero-order valence-electron chi connectivity index (χ0n) is 11.8. The molecule has 0 amide bonds. The number of ether oxygens (including phenoxy) is 1. The van der Waals surface area contributed by atoms with E-state index in [4.69, 9.17) is 4.74 Å². The van der Waals surface area contributed by atoms with Crippen LogP contribution in [0, 0.1) is 11.8 Å². The highest BCUT2D eigenvalue weighted by atomic mass is 16.5. The lowest BCUT2D eigenvalue weighted by Crippen LogP contribution is -2.46. The zero-order chi connectivity index (χ0) is 12.3. The van der Waals surface area contributed by atoms with E-state index in [1.54, 1.807) is 0 Å². The molecule has 100 valence electrons. The van der Waals surface area contributed by atoms with Gasteiger partial charge in [-0.1, -0.05) is 13.8 Å². The standard InChI is InChI=1S/C15H29NO/c1-12-9-13(2)11-14(10-12)17-15(5-4-6-15)7-8-16-3/h12-14,16H,4-11H2,1-3H3. The second-order valence-corrected chi connectivity index (χ2v) is 6.55. The van der Waals surface area contributed by atoms with Crippen molar-refractivity contribution in [2.75, 3.05) is 13.6 Å². The van der Waals surface area contributed by atoms with Gasteiger partial charge in [-0.15, -0.1) is 0 Å². The first-order valence-electron chi connectivity index (χ1n) is 7.46. The van der Waals surface area contributed by atoms with E-state index in [-0.39, 0.29) is 5.60 Å². The SMILES string of the molecule is CNCCC1(OC2CC(C)CC(C)C2)CCC1. The van der Waals surface area contributed by atoms with Gasteiger partial charge in [0.05, 0.1) is 11.7 Å². The smallest absolute Gasteiger partial charge is 0.0698 e. The third-order valence-electron chi connectivity index (χ3n) is 4.65. The topological polar surface area (TPSA) is 21.3 Å². The predicted octanol–water partition coefficient (Wildman–Crippen LogP) is 3.36. The molecule has 0 bridgehead atoms. The van der Waals surface area contributed by atoms with E-state index in [1.165, 1.54) is 44.9 Å². The Labute approximate surface area is 107 Å². The van der Waals surface area contributed by atoms with Gasteiger partial charge in [0, 0.05) is 0 Å². The fourth-order valence-corrected chi connectivity index (χ4v) is 3.67. The van der Waals surface area contributed by atoms with Crippen LogP contribution in [0.15, 0.2) is 0 Å². The van der Waals surface area contributed by atoms with Crippen molar-refractivity contribution in [1.29, 1.82) is 0 Å². The summed E-state index contributed by atoms with van der Waals surface area (Å²) in [5, 5.41) is 3.27. The molecule has 2 fully saturated rings. The highest BCUT2D eigenvalue weighted by Crippen LogP contribution is 2.42. The second-order valence-electron chi connectivity index (χ2n) is 6.55. The molecule has 0 aromatic heterocycles. The van der Waals surface area contributed by atoms with E-state index in [2.05, 4.69) is 19.2 Å². The van der Waals surface area contributed by atoms with Gasteiger partial charge in [0.1, 0.15) is 0 Å². The van der Waals surface area contributed by atoms with Crippen LogP contribution in [-0.4, -0.2) is 25.3 Å². The molecule has 0 heterocycles. The van der Waals surface area contributed by atoms with Crippen molar-refractivity contribution >= 4 is 0 Å². The molecule has 2 saturated carbocycles. The monoisotopic (exact) mass is 239 g/mol. The Hall–Kier alpha value is -0.0800. The van der Waals surface area contributed by atoms with Crippen molar-refractivity contribution in [3.05, 3.63) is 0 Å². The summed E-state index contributed by atoms with van der Waals surface area (Å²) in [6, 6.07) is 0. The van der Waals surface area contributed by atoms with Crippen LogP contribution in [0.1, 0.15) is 58.8 Å². The lowest BCUT2D eigenvalue weighted by Gasteiger charge is -2.46. The van der Waals surface area contributed by atoms with E-state index in [0.29, 0.717) is 6.10 Å². The van der Waals surface area contributed by atoms with Gasteiger partial charge < -0.3 is 10.1 Å². The average Bonchev–Trinajstić information content (AvgIpc) is 2.20. The van der Waals surface area contributed by atoms with Gasteiger partial charge in [-0.25, -0.2) is 0 Å². The first kappa shape index (κ1) is 13.4. The highest BCUT2D eigenvalue weighted by molar-refractivity contribution is 4.92. The summed E-state index contributed by atoms with van der Waals surface area (Å²) in [7, 11) is 2.04. The van der Waals surface area contributed by atoms with Gasteiger partial charge in [-0.05, 0) is 70.4 Å². The fourth-order valence-electron chi connectivity index (χ4n) is 3.67. The first-order chi connectivity index (χ1) is 8.13. The fraction of sp³-hybridized carbons (Fsp3) is 1.00. The third-order valence-corrected chi connectivity index (χ3v) is 4.65. The molecule has 0 aromatic rings. The van der Waals surface area contributed by atoms with E-state index in [0.717, 1.165) is 18.4 Å². The maximum atomic E-state index is 6.52. The molecule has 1 N–H and O–H groups in total. The summed E-state index contributed by atoms with van der Waals surface area (Å²) in [6.07, 6.45) is 9.62. The van der Waals surface area contributed by atoms with Crippen LogP contribution in [0.3, 0.4) is 0 Å². The molecular weight excluding hydrogens is 210 g/mol. The van der Waals surface area contributed by atoms with Crippen molar-refractivity contribution in [2.45, 2.75) is 70.5 Å². The minimum absolute atomic E-state index is 0.241. The maximum absolute atomic E-state index is 6.52. The molecule has 0 spiro atoms. The molecule has 0 saturated heterocycles. The summed E-state index contributed by atoms with van der Waals surface area (Å²) in [5.74, 6) is 1.70. The van der Waals surface area contributed by atoms with Crippen LogP contribution < -0.4 is 5.32 Å². The van der Waals surface area contributed by atoms with Crippen molar-refractivity contribution in [3.8, 4) is 0 Å². The van der Waals surface area contributed by atoms with Gasteiger partial charge in [-0.3, -0.25) is 0 Å². The molecule has 17 heavy (non-hydrogen) atoms. The summed E-state index contributed by atoms with van der Waals surface area (Å²) in [6.45, 7) is 5.86. The molecule has 0 radical (unpaired) electrons. The highest BCUT2D eigenvalue weighted by Gasteiger charge is 2.40. The Morgan fingerprint density at radius 2 is 1.76 bits per heavy atom. The number of nitrogens with one attached hydrogen (secondary N) is 1. The van der Waals surface area contributed by atoms with E-state index < -0.39 is 0 Å². The number of rotatable bonds is 5. The summed E-state index contributed by atoms with van der Waals surface area (Å²) in [4.78, 5) is 0. The molecule has 2 aliphatic rings. The molecule has 0 aliphatic heterocycles. The summed E-state index contributed by atoms with van der Waals surface area (Å²) < 4.78 is 6.52. The van der Waals surface area contributed by atoms with Crippen LogP contribution in [0.5, 0.6) is 0 Å². The molecular formula is C15H29NO. The molecule has 2 atom stereocenters. The van der Waals surface area contributed by atoms with Crippen LogP contribution in [-0.2, 0) is 4.74 Å². The lowest BCUT2D eigenvalue weighted by molar-refractivity contribution is -0.159. The Kier molecular flexibility index (Phi) is 4.48. The Morgan fingerprint density at radius 1 is 1.12 bits per heavy atom. The third kappa shape index (κ3) is 3.45. The maximum Gasteiger partial charge on any atom is 0.0698 e. The first-order valence-corrected chi connectivity index (χ1v) is 7.46. The Morgan fingerprint density at radius 3 is 2.24 bits per heavy atom. The quantitative estimate of drug-likeness (QED) is 0.794. The Bertz CT molecular complexity index is 227. The van der Waals surface area contributed by atoms with E-state index in [1.807, 2.05) is 7.05 Å². The molecule has 2 heteroatoms. The predicted molar refractivity (Wildman–Crippen MR) is 72.2 cm³/mol. The lowest BCUT2D eigenvalue weighted by atomic mass is 9.76. The molecule has 2 rings (SSSR count). The van der Waals surface area contributed by atoms with Gasteiger partial charge >= 0.3 is 0 Å². The van der Waals surface area contributed by atoms with Gasteiger partial charge in [0.25, 0.3) is 0 Å². The van der Waals surface area contributed by atoms with Crippen LogP contribution in [0.25, 0.3) is 0 Å². The van der Waals surface area contributed by atoms with Crippen molar-refractivity contribution in [2.24, 2.45) is 11.8 Å². The van der Waals surface area contributed by atoms with Crippen LogP contribution >= 0.6 is 0 Å². The van der Waals surface area contributed by atoms with Crippen molar-refractivity contribution < 1.29 is 4.74 Å². The minimum atomic E-state index is 0.241. The van der Waals surface area contributed by atoms with Gasteiger partial charge in [-0.2, -0.15) is 0 Å². The van der Waals surface area contributed by atoms with Gasteiger partial charge in [0.15, 0.2) is 0 Å².